The summed E-state index contributed by atoms with van der Waals surface area (Å²) in [5.74, 6) is 0.795. The molecule has 1 aromatic rings. The Hall–Kier alpha value is -0.240. The van der Waals surface area contributed by atoms with Crippen molar-refractivity contribution in [3.63, 3.8) is 0 Å². The summed E-state index contributed by atoms with van der Waals surface area (Å²) in [7, 11) is -2.39. The Morgan fingerprint density at radius 3 is 3.14 bits per heavy atom. The van der Waals surface area contributed by atoms with E-state index in [0.29, 0.717) is 17.9 Å². The van der Waals surface area contributed by atoms with Crippen molar-refractivity contribution in [2.75, 3.05) is 10.7 Å². The van der Waals surface area contributed by atoms with Crippen molar-refractivity contribution in [1.82, 2.24) is 9.97 Å². The molecule has 0 saturated heterocycles. The van der Waals surface area contributed by atoms with E-state index in [1.165, 1.54) is 0 Å². The molecule has 14 heavy (non-hydrogen) atoms. The normalized spacial score (nSPS) is 26.1. The fraction of sp³-hybridized carbons (Fsp3) is 0.500. The summed E-state index contributed by atoms with van der Waals surface area (Å²) in [5, 5.41) is 0. The fourth-order valence-electron chi connectivity index (χ4n) is 1.43. The van der Waals surface area contributed by atoms with Gasteiger partial charge in [-0.15, -0.1) is 0 Å². The SMILES string of the molecule is C[I-]c1ncc2c(n1)CCS(=N)(=O)C2. The van der Waals surface area contributed by atoms with Crippen LogP contribution in [0.4, 0.5) is 0 Å². The molecular formula is C8H11IN3OS-. The van der Waals surface area contributed by atoms with E-state index in [4.69, 9.17) is 4.78 Å². The fourth-order valence-corrected chi connectivity index (χ4v) is 3.79. The minimum absolute atomic E-state index is 0.0722. The molecule has 1 unspecified atom stereocenters. The second-order valence-corrected chi connectivity index (χ2v) is 7.57. The first-order chi connectivity index (χ1) is 6.61. The molecule has 0 radical (unpaired) electrons. The molecule has 1 aromatic heterocycles. The van der Waals surface area contributed by atoms with E-state index in [1.54, 1.807) is 6.20 Å². The summed E-state index contributed by atoms with van der Waals surface area (Å²) in [6.45, 7) is 0. The Balaban J connectivity index is 2.42. The van der Waals surface area contributed by atoms with Crippen LogP contribution in [0, 0.1) is 8.61 Å². The van der Waals surface area contributed by atoms with Gasteiger partial charge >= 0.3 is 94.0 Å². The number of nitrogens with zero attached hydrogens (tertiary/aromatic N) is 2. The summed E-state index contributed by atoms with van der Waals surface area (Å²) < 4.78 is 20.0. The molecule has 0 spiro atoms. The molecule has 2 rings (SSSR count). The maximum absolute atomic E-state index is 11.5. The van der Waals surface area contributed by atoms with Crippen LogP contribution in [-0.4, -0.2) is 24.9 Å². The van der Waals surface area contributed by atoms with Crippen LogP contribution < -0.4 is 21.2 Å². The first kappa shape index (κ1) is 10.3. The van der Waals surface area contributed by atoms with Crippen molar-refractivity contribution in [1.29, 1.82) is 4.78 Å². The number of halogens is 1. The standard InChI is InChI=1S/C8H11IN3OS/c1-9-8-11-4-6-5-14(10,13)3-2-7(6)12-8/h4,10H,2-3,5H2,1H3/q-1. The number of alkyl halides is 1. The third kappa shape index (κ3) is 2.05. The molecule has 0 bridgehead atoms. The number of hydrogen-bond acceptors (Lipinski definition) is 4. The Morgan fingerprint density at radius 1 is 1.64 bits per heavy atom. The number of aryl methyl sites for hydroxylation is 1. The molecule has 4 nitrogen and oxygen atoms in total. The number of rotatable bonds is 1. The average molecular weight is 324 g/mol. The van der Waals surface area contributed by atoms with Crippen LogP contribution in [0.25, 0.3) is 0 Å². The van der Waals surface area contributed by atoms with E-state index < -0.39 is 9.73 Å². The van der Waals surface area contributed by atoms with Gasteiger partial charge in [0.2, 0.25) is 0 Å². The molecular weight excluding hydrogens is 313 g/mol. The van der Waals surface area contributed by atoms with Gasteiger partial charge in [0.1, 0.15) is 0 Å². The molecule has 6 heteroatoms. The summed E-state index contributed by atoms with van der Waals surface area (Å²) in [4.78, 5) is 10.8. The number of hydrogen-bond donors (Lipinski definition) is 1. The zero-order valence-corrected chi connectivity index (χ0v) is 10.8. The number of aromatic nitrogens is 2. The van der Waals surface area contributed by atoms with Gasteiger partial charge < -0.3 is 0 Å². The molecule has 1 N–H and O–H groups in total. The summed E-state index contributed by atoms with van der Waals surface area (Å²) in [5.41, 5.74) is 1.93. The summed E-state index contributed by atoms with van der Waals surface area (Å²) in [6, 6.07) is 0. The predicted octanol–water partition coefficient (Wildman–Crippen LogP) is -2.53. The van der Waals surface area contributed by atoms with E-state index in [-0.39, 0.29) is 21.2 Å². The molecule has 0 aromatic carbocycles. The average Bonchev–Trinajstić information content (AvgIpc) is 2.16. The Bertz CT molecular complexity index is 458. The van der Waals surface area contributed by atoms with Crippen LogP contribution in [0.1, 0.15) is 11.3 Å². The predicted molar refractivity (Wildman–Crippen MR) is 49.8 cm³/mol. The molecule has 1 aliphatic rings. The van der Waals surface area contributed by atoms with Gasteiger partial charge in [-0.1, -0.05) is 0 Å². The van der Waals surface area contributed by atoms with Crippen molar-refractivity contribution in [3.05, 3.63) is 21.3 Å². The van der Waals surface area contributed by atoms with Gasteiger partial charge in [0.15, 0.2) is 0 Å². The van der Waals surface area contributed by atoms with Crippen LogP contribution in [-0.2, 0) is 21.9 Å². The third-order valence-corrected chi connectivity index (χ3v) is 5.28. The second kappa shape index (κ2) is 3.73. The van der Waals surface area contributed by atoms with Crippen molar-refractivity contribution in [2.24, 2.45) is 0 Å². The molecule has 1 aliphatic heterocycles. The van der Waals surface area contributed by atoms with Crippen LogP contribution in [0.5, 0.6) is 0 Å². The van der Waals surface area contributed by atoms with Crippen LogP contribution in [0.3, 0.4) is 0 Å². The monoisotopic (exact) mass is 324 g/mol. The van der Waals surface area contributed by atoms with Crippen LogP contribution in [0.2, 0.25) is 0 Å². The van der Waals surface area contributed by atoms with Gasteiger partial charge in [-0.2, -0.15) is 0 Å². The molecule has 2 heterocycles. The topological polar surface area (TPSA) is 66.7 Å². The molecule has 1 atom stereocenters. The van der Waals surface area contributed by atoms with Gasteiger partial charge in [0.05, 0.1) is 0 Å². The van der Waals surface area contributed by atoms with Crippen molar-refractivity contribution in [3.8, 4) is 0 Å². The molecule has 0 amide bonds. The van der Waals surface area contributed by atoms with E-state index >= 15 is 0 Å². The van der Waals surface area contributed by atoms with Crippen LogP contribution >= 0.6 is 0 Å². The summed E-state index contributed by atoms with van der Waals surface area (Å²) in [6.07, 6.45) is 2.44. The molecule has 0 aliphatic carbocycles. The minimum atomic E-state index is -2.39. The number of fused-ring (bicyclic) bond motifs is 1. The van der Waals surface area contributed by atoms with Gasteiger partial charge in [-0.3, -0.25) is 0 Å². The van der Waals surface area contributed by atoms with Gasteiger partial charge in [0.25, 0.3) is 0 Å². The summed E-state index contributed by atoms with van der Waals surface area (Å²) >= 11 is -0.0722. The van der Waals surface area contributed by atoms with E-state index in [2.05, 4.69) is 14.9 Å². The molecule has 0 saturated carbocycles. The van der Waals surface area contributed by atoms with E-state index in [9.17, 15) is 4.21 Å². The zero-order chi connectivity index (χ0) is 10.2. The van der Waals surface area contributed by atoms with Crippen LogP contribution in [0.15, 0.2) is 6.20 Å². The second-order valence-electron chi connectivity index (χ2n) is 3.21. The molecule has 78 valence electrons. The Morgan fingerprint density at radius 2 is 2.43 bits per heavy atom. The van der Waals surface area contributed by atoms with Gasteiger partial charge in [-0.25, -0.2) is 0 Å². The van der Waals surface area contributed by atoms with Crippen molar-refractivity contribution < 1.29 is 25.4 Å². The zero-order valence-electron chi connectivity index (χ0n) is 7.79. The van der Waals surface area contributed by atoms with E-state index in [0.717, 1.165) is 15.1 Å². The Kier molecular flexibility index (Phi) is 2.74. The van der Waals surface area contributed by atoms with E-state index in [1.807, 2.05) is 0 Å². The maximum atomic E-state index is 11.5. The number of nitrogens with one attached hydrogen (secondary N) is 1. The first-order valence-corrected chi connectivity index (χ1v) is 9.32. The van der Waals surface area contributed by atoms with Gasteiger partial charge in [0, 0.05) is 0 Å². The van der Waals surface area contributed by atoms with Gasteiger partial charge in [-0.05, 0) is 0 Å². The molecule has 0 fully saturated rings. The van der Waals surface area contributed by atoms with Crippen molar-refractivity contribution >= 4 is 9.73 Å². The third-order valence-electron chi connectivity index (χ3n) is 2.15. The van der Waals surface area contributed by atoms with Crippen molar-refractivity contribution in [2.45, 2.75) is 12.2 Å². The quantitative estimate of drug-likeness (QED) is 0.352. The Labute approximate surface area is 93.8 Å². The first-order valence-electron chi connectivity index (χ1n) is 4.19.